The van der Waals surface area contributed by atoms with Crippen molar-refractivity contribution < 1.29 is 32.7 Å². The first-order valence-corrected chi connectivity index (χ1v) is 4.35. The van der Waals surface area contributed by atoms with Crippen molar-refractivity contribution in [2.75, 3.05) is 0 Å². The Kier molecular flexibility index (Phi) is 5.62. The molecular formula is C12H16NY-. The van der Waals surface area contributed by atoms with Crippen LogP contribution in [-0.4, -0.2) is 4.98 Å². The van der Waals surface area contributed by atoms with Gasteiger partial charge in [-0.3, -0.25) is 0 Å². The van der Waals surface area contributed by atoms with Gasteiger partial charge in [0, 0.05) is 49.8 Å². The fraction of sp³-hybridized carbons (Fsp3) is 0.250. The monoisotopic (exact) mass is 263 g/mol. The van der Waals surface area contributed by atoms with Gasteiger partial charge in [-0.05, 0) is 23.6 Å². The van der Waals surface area contributed by atoms with Crippen LogP contribution in [0.15, 0.2) is 30.5 Å². The molecule has 0 amide bonds. The summed E-state index contributed by atoms with van der Waals surface area (Å²) in [7, 11) is 0. The van der Waals surface area contributed by atoms with Crippen LogP contribution in [0, 0.1) is 7.43 Å². The van der Waals surface area contributed by atoms with Crippen LogP contribution in [-0.2, 0) is 32.7 Å². The summed E-state index contributed by atoms with van der Waals surface area (Å²) in [5.41, 5.74) is 2.66. The first kappa shape index (κ1) is 13.9. The number of hydrogen-bond donors (Lipinski definition) is 1. The quantitative estimate of drug-likeness (QED) is 0.754. The van der Waals surface area contributed by atoms with Crippen molar-refractivity contribution in [2.24, 2.45) is 0 Å². The number of nitrogens with one attached hydrogen (secondary N) is 1. The van der Waals surface area contributed by atoms with Crippen LogP contribution in [0.25, 0.3) is 10.9 Å². The van der Waals surface area contributed by atoms with E-state index in [-0.39, 0.29) is 40.1 Å². The molecule has 0 spiro atoms. The molecule has 0 atom stereocenters. The minimum absolute atomic E-state index is 0. The SMILES string of the molecule is CC(C)c1cccc2[nH]ccc12.[CH3-].[Y]. The fourth-order valence-corrected chi connectivity index (χ4v) is 1.61. The van der Waals surface area contributed by atoms with Gasteiger partial charge in [0.15, 0.2) is 0 Å². The second-order valence-electron chi connectivity index (χ2n) is 3.44. The molecule has 0 fully saturated rings. The van der Waals surface area contributed by atoms with E-state index in [9.17, 15) is 0 Å². The molecule has 1 N–H and O–H groups in total. The second-order valence-corrected chi connectivity index (χ2v) is 3.44. The summed E-state index contributed by atoms with van der Waals surface area (Å²) in [6.07, 6.45) is 2.00. The van der Waals surface area contributed by atoms with Gasteiger partial charge in [0.05, 0.1) is 0 Å². The Hall–Kier alpha value is -0.136. The van der Waals surface area contributed by atoms with E-state index in [0.717, 1.165) is 0 Å². The molecule has 2 rings (SSSR count). The Balaban J connectivity index is 0.000000845. The molecule has 0 aliphatic rings. The van der Waals surface area contributed by atoms with Gasteiger partial charge in [-0.1, -0.05) is 26.0 Å². The smallest absolute Gasteiger partial charge is 0.0456 e. The molecule has 0 aliphatic heterocycles. The number of aromatic amines is 1. The van der Waals surface area contributed by atoms with E-state index in [1.807, 2.05) is 6.20 Å². The van der Waals surface area contributed by atoms with Gasteiger partial charge in [0.1, 0.15) is 0 Å². The first-order chi connectivity index (χ1) is 5.79. The summed E-state index contributed by atoms with van der Waals surface area (Å²) in [5, 5.41) is 1.35. The van der Waals surface area contributed by atoms with Crippen molar-refractivity contribution in [1.82, 2.24) is 4.98 Å². The molecule has 73 valence electrons. The molecule has 2 heteroatoms. The van der Waals surface area contributed by atoms with Gasteiger partial charge in [-0.2, -0.15) is 0 Å². The zero-order valence-corrected chi connectivity index (χ0v) is 11.9. The third kappa shape index (κ3) is 2.46. The first-order valence-electron chi connectivity index (χ1n) is 4.35. The zero-order chi connectivity index (χ0) is 8.55. The maximum Gasteiger partial charge on any atom is 0.0456 e. The average Bonchev–Trinajstić information content (AvgIpc) is 2.49. The van der Waals surface area contributed by atoms with Crippen molar-refractivity contribution >= 4 is 10.9 Å². The molecule has 1 heterocycles. The number of rotatable bonds is 1. The number of aromatic nitrogens is 1. The summed E-state index contributed by atoms with van der Waals surface area (Å²) in [6.45, 7) is 4.45. The second kappa shape index (κ2) is 5.67. The third-order valence-electron chi connectivity index (χ3n) is 2.25. The van der Waals surface area contributed by atoms with E-state index in [0.29, 0.717) is 5.92 Å². The summed E-state index contributed by atoms with van der Waals surface area (Å²) in [5.74, 6) is 0.601. The van der Waals surface area contributed by atoms with Crippen molar-refractivity contribution in [1.29, 1.82) is 0 Å². The minimum Gasteiger partial charge on any atom is -0.361 e. The minimum atomic E-state index is 0. The molecule has 1 aromatic carbocycles. The summed E-state index contributed by atoms with van der Waals surface area (Å²) < 4.78 is 0. The normalized spacial score (nSPS) is 9.64. The Labute approximate surface area is 111 Å². The number of H-pyrrole nitrogens is 1. The molecule has 0 bridgehead atoms. The van der Waals surface area contributed by atoms with Crippen molar-refractivity contribution in [2.45, 2.75) is 19.8 Å². The van der Waals surface area contributed by atoms with Crippen LogP contribution < -0.4 is 0 Å². The molecule has 0 saturated heterocycles. The Morgan fingerprint density at radius 2 is 1.86 bits per heavy atom. The third-order valence-corrected chi connectivity index (χ3v) is 2.25. The molecule has 0 saturated carbocycles. The summed E-state index contributed by atoms with van der Waals surface area (Å²) in [4.78, 5) is 3.21. The Bertz CT molecular complexity index is 390. The largest absolute Gasteiger partial charge is 0.361 e. The Morgan fingerprint density at radius 3 is 2.50 bits per heavy atom. The Morgan fingerprint density at radius 1 is 1.14 bits per heavy atom. The fourth-order valence-electron chi connectivity index (χ4n) is 1.61. The van der Waals surface area contributed by atoms with Gasteiger partial charge in [0.25, 0.3) is 0 Å². The van der Waals surface area contributed by atoms with Gasteiger partial charge in [-0.15, -0.1) is 0 Å². The standard InChI is InChI=1S/C11H13N.CH3.Y/c1-8(2)9-4-3-5-11-10(9)6-7-12-11;;/h3-8,12H,1-2H3;1H3;/q;-1;. The van der Waals surface area contributed by atoms with Crippen LogP contribution in [0.5, 0.6) is 0 Å². The maximum atomic E-state index is 3.21. The summed E-state index contributed by atoms with van der Waals surface area (Å²) in [6, 6.07) is 8.56. The van der Waals surface area contributed by atoms with Crippen molar-refractivity contribution in [3.8, 4) is 0 Å². The number of hydrogen-bond acceptors (Lipinski definition) is 0. The number of fused-ring (bicyclic) bond motifs is 1. The average molecular weight is 263 g/mol. The van der Waals surface area contributed by atoms with Crippen molar-refractivity contribution in [3.05, 3.63) is 43.5 Å². The van der Waals surface area contributed by atoms with E-state index >= 15 is 0 Å². The predicted molar refractivity (Wildman–Crippen MR) is 58.8 cm³/mol. The molecule has 14 heavy (non-hydrogen) atoms. The van der Waals surface area contributed by atoms with Gasteiger partial charge < -0.3 is 12.4 Å². The van der Waals surface area contributed by atoms with Crippen LogP contribution in [0.4, 0.5) is 0 Å². The van der Waals surface area contributed by atoms with E-state index in [1.165, 1.54) is 16.5 Å². The summed E-state index contributed by atoms with van der Waals surface area (Å²) >= 11 is 0. The molecule has 1 aromatic heterocycles. The van der Waals surface area contributed by atoms with Gasteiger partial charge in [-0.25, -0.2) is 0 Å². The molecular weight excluding hydrogens is 247 g/mol. The topological polar surface area (TPSA) is 15.8 Å². The molecule has 0 unspecified atom stereocenters. The van der Waals surface area contributed by atoms with E-state index in [2.05, 4.69) is 43.1 Å². The zero-order valence-electron chi connectivity index (χ0n) is 9.04. The maximum absolute atomic E-state index is 3.21. The molecule has 0 aliphatic carbocycles. The molecule has 1 nitrogen and oxygen atoms in total. The van der Waals surface area contributed by atoms with E-state index in [1.54, 1.807) is 0 Å². The molecule has 2 aromatic rings. The van der Waals surface area contributed by atoms with Gasteiger partial charge in [0.2, 0.25) is 0 Å². The van der Waals surface area contributed by atoms with E-state index < -0.39 is 0 Å². The number of benzene rings is 1. The predicted octanol–water partition coefficient (Wildman–Crippen LogP) is 3.74. The van der Waals surface area contributed by atoms with Crippen LogP contribution in [0.2, 0.25) is 0 Å². The van der Waals surface area contributed by atoms with E-state index in [4.69, 9.17) is 0 Å². The van der Waals surface area contributed by atoms with Crippen LogP contribution in [0.3, 0.4) is 0 Å². The van der Waals surface area contributed by atoms with Crippen LogP contribution in [0.1, 0.15) is 25.3 Å². The van der Waals surface area contributed by atoms with Crippen LogP contribution >= 0.6 is 0 Å². The van der Waals surface area contributed by atoms with Crippen molar-refractivity contribution in [3.63, 3.8) is 0 Å². The van der Waals surface area contributed by atoms with Gasteiger partial charge >= 0.3 is 0 Å². The molecule has 1 radical (unpaired) electrons.